The highest BCUT2D eigenvalue weighted by molar-refractivity contribution is 9.10. The van der Waals surface area contributed by atoms with Gasteiger partial charge in [0.05, 0.1) is 5.69 Å². The lowest BCUT2D eigenvalue weighted by Crippen LogP contribution is -2.04. The molecule has 94 valence electrons. The van der Waals surface area contributed by atoms with Crippen molar-refractivity contribution in [2.75, 3.05) is 17.6 Å². The molecule has 2 aromatic rings. The molecule has 2 aromatic carbocycles. The van der Waals surface area contributed by atoms with Crippen molar-refractivity contribution in [3.8, 4) is 0 Å². The summed E-state index contributed by atoms with van der Waals surface area (Å²) >= 11 is 5.17. The maximum atomic E-state index is 13.1. The van der Waals surface area contributed by atoms with E-state index in [1.165, 1.54) is 17.0 Å². The van der Waals surface area contributed by atoms with Crippen LogP contribution >= 0.6 is 27.7 Å². The Morgan fingerprint density at radius 3 is 2.67 bits per heavy atom. The first-order chi connectivity index (χ1) is 8.75. The van der Waals surface area contributed by atoms with E-state index in [1.54, 1.807) is 17.8 Å². The van der Waals surface area contributed by atoms with Crippen LogP contribution in [0.15, 0.2) is 57.9 Å². The van der Waals surface area contributed by atoms with E-state index < -0.39 is 0 Å². The van der Waals surface area contributed by atoms with Crippen LogP contribution in [0.25, 0.3) is 0 Å². The molecule has 0 heterocycles. The highest BCUT2D eigenvalue weighted by atomic mass is 79.9. The third-order valence-corrected chi connectivity index (χ3v) is 4.06. The number of nitrogens with one attached hydrogen (secondary N) is 1. The van der Waals surface area contributed by atoms with Crippen LogP contribution in [0.1, 0.15) is 0 Å². The second kappa shape index (κ2) is 6.81. The average molecular weight is 326 g/mol. The number of thioether (sulfide) groups is 1. The van der Waals surface area contributed by atoms with Gasteiger partial charge in [0.25, 0.3) is 0 Å². The second-order valence-electron chi connectivity index (χ2n) is 3.71. The largest absolute Gasteiger partial charge is 0.383 e. The van der Waals surface area contributed by atoms with Crippen molar-refractivity contribution in [3.05, 3.63) is 58.8 Å². The highest BCUT2D eigenvalue weighted by Crippen LogP contribution is 2.23. The van der Waals surface area contributed by atoms with Crippen LogP contribution in [0.3, 0.4) is 0 Å². The number of rotatable bonds is 5. The van der Waals surface area contributed by atoms with Crippen LogP contribution in [-0.2, 0) is 0 Å². The molecular formula is C14H13BrFNS. The molecule has 0 fully saturated rings. The number of anilines is 1. The second-order valence-corrected chi connectivity index (χ2v) is 5.74. The number of halogens is 2. The van der Waals surface area contributed by atoms with Gasteiger partial charge in [0.1, 0.15) is 5.82 Å². The molecule has 18 heavy (non-hydrogen) atoms. The molecule has 4 heteroatoms. The van der Waals surface area contributed by atoms with Gasteiger partial charge in [-0.1, -0.05) is 18.2 Å². The van der Waals surface area contributed by atoms with Gasteiger partial charge >= 0.3 is 0 Å². The van der Waals surface area contributed by atoms with E-state index >= 15 is 0 Å². The Bertz CT molecular complexity index is 504. The van der Waals surface area contributed by atoms with Gasteiger partial charge in [-0.3, -0.25) is 0 Å². The zero-order valence-electron chi connectivity index (χ0n) is 9.70. The molecule has 0 saturated carbocycles. The first-order valence-electron chi connectivity index (χ1n) is 5.62. The Morgan fingerprint density at radius 2 is 1.89 bits per heavy atom. The van der Waals surface area contributed by atoms with E-state index in [0.717, 1.165) is 22.5 Å². The molecule has 1 nitrogen and oxygen atoms in total. The normalized spacial score (nSPS) is 10.3. The third-order valence-electron chi connectivity index (χ3n) is 2.36. The summed E-state index contributed by atoms with van der Waals surface area (Å²) in [5.41, 5.74) is 0.795. The number of benzene rings is 2. The predicted octanol–water partition coefficient (Wildman–Crippen LogP) is 4.79. The van der Waals surface area contributed by atoms with Gasteiger partial charge in [0, 0.05) is 21.7 Å². The van der Waals surface area contributed by atoms with Crippen molar-refractivity contribution in [1.82, 2.24) is 0 Å². The van der Waals surface area contributed by atoms with Crippen molar-refractivity contribution in [1.29, 1.82) is 0 Å². The Kier molecular flexibility index (Phi) is 5.08. The number of hydrogen-bond donors (Lipinski definition) is 1. The van der Waals surface area contributed by atoms with Gasteiger partial charge in [0.2, 0.25) is 0 Å². The van der Waals surface area contributed by atoms with Crippen molar-refractivity contribution in [2.45, 2.75) is 4.90 Å². The van der Waals surface area contributed by atoms with Gasteiger partial charge < -0.3 is 5.32 Å². The minimum atomic E-state index is -0.226. The summed E-state index contributed by atoms with van der Waals surface area (Å²) in [5, 5.41) is 3.22. The maximum Gasteiger partial charge on any atom is 0.125 e. The van der Waals surface area contributed by atoms with E-state index in [-0.39, 0.29) is 5.82 Å². The molecule has 0 aliphatic carbocycles. The van der Waals surface area contributed by atoms with Crippen molar-refractivity contribution >= 4 is 33.4 Å². The van der Waals surface area contributed by atoms with Gasteiger partial charge in [-0.15, -0.1) is 11.8 Å². The summed E-state index contributed by atoms with van der Waals surface area (Å²) < 4.78 is 13.9. The van der Waals surface area contributed by atoms with Gasteiger partial charge in [-0.25, -0.2) is 4.39 Å². The van der Waals surface area contributed by atoms with Crippen LogP contribution in [-0.4, -0.2) is 12.3 Å². The van der Waals surface area contributed by atoms with Gasteiger partial charge in [-0.05, 0) is 46.3 Å². The molecule has 0 saturated heterocycles. The lowest BCUT2D eigenvalue weighted by Gasteiger charge is -2.08. The number of hydrogen-bond acceptors (Lipinski definition) is 2. The molecule has 0 aromatic heterocycles. The summed E-state index contributed by atoms with van der Waals surface area (Å²) in [6.07, 6.45) is 0. The summed E-state index contributed by atoms with van der Waals surface area (Å²) in [7, 11) is 0. The summed E-state index contributed by atoms with van der Waals surface area (Å²) in [5.74, 6) is 0.712. The summed E-state index contributed by atoms with van der Waals surface area (Å²) in [4.78, 5) is 1.25. The van der Waals surface area contributed by atoms with Crippen LogP contribution in [0.2, 0.25) is 0 Å². The quantitative estimate of drug-likeness (QED) is 0.626. The van der Waals surface area contributed by atoms with Crippen LogP contribution in [0, 0.1) is 5.82 Å². The molecule has 0 unspecified atom stereocenters. The molecule has 0 amide bonds. The molecule has 0 aliphatic rings. The standard InChI is InChI=1S/C14H13BrFNS/c15-13-7-6-11(16)10-14(13)17-8-9-18-12-4-2-1-3-5-12/h1-7,10,17H,8-9H2. The Hall–Kier alpha value is -1.00. The third kappa shape index (κ3) is 4.03. The Balaban J connectivity index is 1.80. The van der Waals surface area contributed by atoms with E-state index in [2.05, 4.69) is 33.4 Å². The molecule has 0 aliphatic heterocycles. The predicted molar refractivity (Wildman–Crippen MR) is 79.8 cm³/mol. The van der Waals surface area contributed by atoms with Crippen molar-refractivity contribution in [2.24, 2.45) is 0 Å². The van der Waals surface area contributed by atoms with Crippen molar-refractivity contribution in [3.63, 3.8) is 0 Å². The monoisotopic (exact) mass is 325 g/mol. The van der Waals surface area contributed by atoms with E-state index in [9.17, 15) is 4.39 Å². The molecular weight excluding hydrogens is 313 g/mol. The smallest absolute Gasteiger partial charge is 0.125 e. The zero-order chi connectivity index (χ0) is 12.8. The topological polar surface area (TPSA) is 12.0 Å². The molecule has 0 spiro atoms. The summed E-state index contributed by atoms with van der Waals surface area (Å²) in [6, 6.07) is 14.9. The average Bonchev–Trinajstić information content (AvgIpc) is 2.40. The van der Waals surface area contributed by atoms with Crippen molar-refractivity contribution < 1.29 is 4.39 Å². The fourth-order valence-electron chi connectivity index (χ4n) is 1.50. The molecule has 1 N–H and O–H groups in total. The molecule has 0 bridgehead atoms. The fourth-order valence-corrected chi connectivity index (χ4v) is 2.68. The highest BCUT2D eigenvalue weighted by Gasteiger charge is 2.00. The molecule has 0 atom stereocenters. The Morgan fingerprint density at radius 1 is 1.11 bits per heavy atom. The van der Waals surface area contributed by atoms with E-state index in [0.29, 0.717) is 0 Å². The lowest BCUT2D eigenvalue weighted by atomic mass is 10.3. The lowest BCUT2D eigenvalue weighted by molar-refractivity contribution is 0.628. The SMILES string of the molecule is Fc1ccc(Br)c(NCCSc2ccccc2)c1. The maximum absolute atomic E-state index is 13.1. The minimum absolute atomic E-state index is 0.226. The van der Waals surface area contributed by atoms with Gasteiger partial charge in [-0.2, -0.15) is 0 Å². The first kappa shape index (κ1) is 13.4. The fraction of sp³-hybridized carbons (Fsp3) is 0.143. The van der Waals surface area contributed by atoms with E-state index in [4.69, 9.17) is 0 Å². The first-order valence-corrected chi connectivity index (χ1v) is 7.40. The molecule has 2 rings (SSSR count). The molecule has 0 radical (unpaired) electrons. The Labute approximate surface area is 119 Å². The van der Waals surface area contributed by atoms with Gasteiger partial charge in [0.15, 0.2) is 0 Å². The van der Waals surface area contributed by atoms with Crippen LogP contribution in [0.5, 0.6) is 0 Å². The van der Waals surface area contributed by atoms with Crippen LogP contribution in [0.4, 0.5) is 10.1 Å². The van der Waals surface area contributed by atoms with Crippen LogP contribution < -0.4 is 5.32 Å². The minimum Gasteiger partial charge on any atom is -0.383 e. The van der Waals surface area contributed by atoms with E-state index in [1.807, 2.05) is 18.2 Å². The summed E-state index contributed by atoms with van der Waals surface area (Å²) in [6.45, 7) is 0.793. The zero-order valence-corrected chi connectivity index (χ0v) is 12.1.